The number of hydrogen-bond acceptors (Lipinski definition) is 4. The van der Waals surface area contributed by atoms with E-state index in [0.717, 1.165) is 19.1 Å². The van der Waals surface area contributed by atoms with E-state index in [0.29, 0.717) is 22.0 Å². The SMILES string of the molecule is CS(=O)(=O)Nc1c(-c2cccc(F)c2)nc2ccccc2c1C(=O)N[C@H](c1cccc(F)c1)C1CC1. The summed E-state index contributed by atoms with van der Waals surface area (Å²) >= 11 is 0. The molecular formula is C27H23F2N3O3S. The number of para-hydroxylation sites is 1. The number of anilines is 1. The minimum atomic E-state index is -3.85. The van der Waals surface area contributed by atoms with Crippen LogP contribution in [0.2, 0.25) is 0 Å². The van der Waals surface area contributed by atoms with E-state index in [9.17, 15) is 22.0 Å². The molecule has 0 bridgehead atoms. The van der Waals surface area contributed by atoms with Crippen LogP contribution in [0.4, 0.5) is 14.5 Å². The second-order valence-corrected chi connectivity index (χ2v) is 10.7. The predicted molar refractivity (Wildman–Crippen MR) is 135 cm³/mol. The van der Waals surface area contributed by atoms with Crippen molar-refractivity contribution in [2.45, 2.75) is 18.9 Å². The van der Waals surface area contributed by atoms with Gasteiger partial charge in [-0.2, -0.15) is 0 Å². The number of pyridine rings is 1. The number of carbonyl (C=O) groups excluding carboxylic acids is 1. The summed E-state index contributed by atoms with van der Waals surface area (Å²) < 4.78 is 55.3. The van der Waals surface area contributed by atoms with Gasteiger partial charge in [-0.3, -0.25) is 9.52 Å². The molecule has 0 unspecified atom stereocenters. The highest BCUT2D eigenvalue weighted by atomic mass is 32.2. The molecule has 0 aliphatic heterocycles. The molecule has 6 nitrogen and oxygen atoms in total. The van der Waals surface area contributed by atoms with E-state index in [2.05, 4.69) is 15.0 Å². The normalized spacial score (nSPS) is 14.4. The second kappa shape index (κ2) is 9.31. The van der Waals surface area contributed by atoms with Crippen molar-refractivity contribution in [1.82, 2.24) is 10.3 Å². The highest BCUT2D eigenvalue weighted by Crippen LogP contribution is 2.42. The van der Waals surface area contributed by atoms with Crippen LogP contribution in [0.1, 0.15) is 34.8 Å². The van der Waals surface area contributed by atoms with Gasteiger partial charge in [-0.1, -0.05) is 42.5 Å². The second-order valence-electron chi connectivity index (χ2n) is 8.96. The number of amides is 1. The number of carbonyl (C=O) groups is 1. The molecule has 1 aromatic heterocycles. The minimum Gasteiger partial charge on any atom is -0.345 e. The third kappa shape index (κ3) is 5.06. The standard InChI is InChI=1S/C27H23F2N3O3S/c1-36(34,35)32-26-23(27(33)31-24(16-12-13-16)17-6-4-8-19(28)14-17)21-10-2-3-11-22(21)30-25(26)18-7-5-9-20(29)15-18/h2-11,14-16,24,32H,12-13H2,1H3,(H,31,33)/t24-/m0/s1. The van der Waals surface area contributed by atoms with Crippen LogP contribution in [0, 0.1) is 17.6 Å². The maximum absolute atomic E-state index is 14.1. The van der Waals surface area contributed by atoms with E-state index in [4.69, 9.17) is 0 Å². The molecule has 36 heavy (non-hydrogen) atoms. The third-order valence-corrected chi connectivity index (χ3v) is 6.67. The van der Waals surface area contributed by atoms with Gasteiger partial charge in [0.2, 0.25) is 10.0 Å². The molecule has 0 radical (unpaired) electrons. The topological polar surface area (TPSA) is 88.2 Å². The average molecular weight is 508 g/mol. The molecule has 1 saturated carbocycles. The van der Waals surface area contributed by atoms with Crippen molar-refractivity contribution < 1.29 is 22.0 Å². The van der Waals surface area contributed by atoms with Crippen molar-refractivity contribution in [3.63, 3.8) is 0 Å². The van der Waals surface area contributed by atoms with Gasteiger partial charge in [0.25, 0.3) is 5.91 Å². The Kier molecular flexibility index (Phi) is 6.17. The molecule has 9 heteroatoms. The number of aromatic nitrogens is 1. The largest absolute Gasteiger partial charge is 0.345 e. The quantitative estimate of drug-likeness (QED) is 0.349. The van der Waals surface area contributed by atoms with Crippen molar-refractivity contribution in [2.75, 3.05) is 11.0 Å². The molecule has 1 amide bonds. The highest BCUT2D eigenvalue weighted by molar-refractivity contribution is 7.92. The molecule has 3 aromatic carbocycles. The fraction of sp³-hybridized carbons (Fsp3) is 0.185. The lowest BCUT2D eigenvalue weighted by molar-refractivity contribution is 0.0934. The van der Waals surface area contributed by atoms with Crippen LogP contribution >= 0.6 is 0 Å². The number of nitrogens with zero attached hydrogens (tertiary/aromatic N) is 1. The summed E-state index contributed by atoms with van der Waals surface area (Å²) in [5, 5.41) is 3.43. The summed E-state index contributed by atoms with van der Waals surface area (Å²) in [6.07, 6.45) is 2.72. The molecule has 1 atom stereocenters. The zero-order valence-electron chi connectivity index (χ0n) is 19.3. The van der Waals surface area contributed by atoms with E-state index < -0.39 is 33.6 Å². The molecule has 0 spiro atoms. The lowest BCUT2D eigenvalue weighted by Gasteiger charge is -2.22. The Hall–Kier alpha value is -3.85. The number of halogens is 2. The molecule has 1 aliphatic rings. The van der Waals surface area contributed by atoms with Crippen LogP contribution in [-0.4, -0.2) is 25.6 Å². The lowest BCUT2D eigenvalue weighted by Crippen LogP contribution is -2.31. The first-order chi connectivity index (χ1) is 17.2. The fourth-order valence-corrected chi connectivity index (χ4v) is 4.96. The van der Waals surface area contributed by atoms with Crippen molar-refractivity contribution >= 4 is 32.5 Å². The van der Waals surface area contributed by atoms with Gasteiger partial charge in [0.15, 0.2) is 0 Å². The van der Waals surface area contributed by atoms with Crippen LogP contribution in [-0.2, 0) is 10.0 Å². The number of nitrogens with one attached hydrogen (secondary N) is 2. The van der Waals surface area contributed by atoms with Crippen molar-refractivity contribution in [3.05, 3.63) is 95.6 Å². The van der Waals surface area contributed by atoms with Gasteiger partial charge in [0.1, 0.15) is 11.6 Å². The summed E-state index contributed by atoms with van der Waals surface area (Å²) in [7, 11) is -3.85. The monoisotopic (exact) mass is 507 g/mol. The Balaban J connectivity index is 1.70. The molecule has 184 valence electrons. The number of benzene rings is 3. The first-order valence-corrected chi connectivity index (χ1v) is 13.3. The molecule has 2 N–H and O–H groups in total. The van der Waals surface area contributed by atoms with Gasteiger partial charge >= 0.3 is 0 Å². The van der Waals surface area contributed by atoms with Crippen molar-refractivity contribution in [1.29, 1.82) is 0 Å². The smallest absolute Gasteiger partial charge is 0.254 e. The van der Waals surface area contributed by atoms with E-state index in [1.807, 2.05) is 0 Å². The predicted octanol–water partition coefficient (Wildman–Crippen LogP) is 5.43. The number of sulfonamides is 1. The molecular weight excluding hydrogens is 484 g/mol. The molecule has 5 rings (SSSR count). The Labute approximate surface area is 207 Å². The Bertz CT molecular complexity index is 1590. The van der Waals surface area contributed by atoms with Gasteiger partial charge < -0.3 is 5.32 Å². The fourth-order valence-electron chi connectivity index (χ4n) is 4.39. The Morgan fingerprint density at radius 2 is 1.67 bits per heavy atom. The summed E-state index contributed by atoms with van der Waals surface area (Å²) in [5.41, 5.74) is 1.52. The van der Waals surface area contributed by atoms with Crippen LogP contribution in [0.15, 0.2) is 72.8 Å². The van der Waals surface area contributed by atoms with E-state index >= 15 is 0 Å². The summed E-state index contributed by atoms with van der Waals surface area (Å²) in [5.74, 6) is -1.34. The Morgan fingerprint density at radius 3 is 2.33 bits per heavy atom. The molecule has 0 saturated heterocycles. The molecule has 1 heterocycles. The van der Waals surface area contributed by atoms with E-state index in [1.54, 1.807) is 42.5 Å². The molecule has 1 fully saturated rings. The van der Waals surface area contributed by atoms with Crippen molar-refractivity contribution in [3.8, 4) is 11.3 Å². The zero-order valence-corrected chi connectivity index (χ0v) is 20.1. The maximum Gasteiger partial charge on any atom is 0.254 e. The van der Waals surface area contributed by atoms with Gasteiger partial charge in [-0.25, -0.2) is 22.2 Å². The van der Waals surface area contributed by atoms with Crippen molar-refractivity contribution in [2.24, 2.45) is 5.92 Å². The highest BCUT2D eigenvalue weighted by Gasteiger charge is 2.35. The van der Waals surface area contributed by atoms with Gasteiger partial charge in [0, 0.05) is 10.9 Å². The number of hydrogen-bond donors (Lipinski definition) is 2. The van der Waals surface area contributed by atoms with E-state index in [1.165, 1.54) is 30.3 Å². The van der Waals surface area contributed by atoms with Gasteiger partial charge in [0.05, 0.1) is 34.8 Å². The van der Waals surface area contributed by atoms with Gasteiger partial charge in [-0.05, 0) is 54.7 Å². The first-order valence-electron chi connectivity index (χ1n) is 11.4. The van der Waals surface area contributed by atoms with Crippen LogP contribution < -0.4 is 10.0 Å². The van der Waals surface area contributed by atoms with E-state index in [-0.39, 0.29) is 22.9 Å². The first kappa shape index (κ1) is 23.9. The minimum absolute atomic E-state index is 0.0481. The third-order valence-electron chi connectivity index (χ3n) is 6.09. The maximum atomic E-state index is 14.1. The van der Waals surface area contributed by atoms with Crippen LogP contribution in [0.5, 0.6) is 0 Å². The van der Waals surface area contributed by atoms with Gasteiger partial charge in [-0.15, -0.1) is 0 Å². The number of rotatable bonds is 7. The zero-order chi connectivity index (χ0) is 25.4. The lowest BCUT2D eigenvalue weighted by atomic mass is 9.98. The Morgan fingerprint density at radius 1 is 0.972 bits per heavy atom. The molecule has 1 aliphatic carbocycles. The summed E-state index contributed by atoms with van der Waals surface area (Å²) in [6, 6.07) is 18.0. The van der Waals surface area contributed by atoms with Crippen LogP contribution in [0.25, 0.3) is 22.2 Å². The average Bonchev–Trinajstić information content (AvgIpc) is 3.66. The molecule has 4 aromatic rings. The summed E-state index contributed by atoms with van der Waals surface area (Å²) in [4.78, 5) is 18.5. The van der Waals surface area contributed by atoms with Crippen LogP contribution in [0.3, 0.4) is 0 Å². The summed E-state index contributed by atoms with van der Waals surface area (Å²) in [6.45, 7) is 0. The number of fused-ring (bicyclic) bond motifs is 1.